The third kappa shape index (κ3) is 4.83. The summed E-state index contributed by atoms with van der Waals surface area (Å²) >= 11 is 0. The molecule has 0 saturated heterocycles. The molecule has 3 N–H and O–H groups in total. The van der Waals surface area contributed by atoms with Gasteiger partial charge in [0.05, 0.1) is 12.6 Å². The fourth-order valence-corrected chi connectivity index (χ4v) is 3.24. The Kier molecular flexibility index (Phi) is 5.72. The van der Waals surface area contributed by atoms with Crippen LogP contribution in [0.3, 0.4) is 0 Å². The highest BCUT2D eigenvalue weighted by Gasteiger charge is 2.26. The SMILES string of the molecule is COc1cc(-c2ccc3ncnc(Nc4cccc(NCC(F)(F)F)c4)c3c2)ccc1O. The van der Waals surface area contributed by atoms with Crippen LogP contribution < -0.4 is 15.4 Å². The summed E-state index contributed by atoms with van der Waals surface area (Å²) in [5.41, 5.74) is 3.30. The minimum atomic E-state index is -4.31. The zero-order chi connectivity index (χ0) is 22.7. The Bertz CT molecular complexity index is 1260. The molecule has 4 rings (SSSR count). The molecule has 0 amide bonds. The monoisotopic (exact) mass is 440 g/mol. The molecular weight excluding hydrogens is 421 g/mol. The maximum absolute atomic E-state index is 12.5. The van der Waals surface area contributed by atoms with E-state index in [1.807, 2.05) is 18.2 Å². The Balaban J connectivity index is 1.66. The van der Waals surface area contributed by atoms with Crippen LogP contribution in [0.1, 0.15) is 0 Å². The normalized spacial score (nSPS) is 11.4. The van der Waals surface area contributed by atoms with Gasteiger partial charge in [0.1, 0.15) is 18.7 Å². The molecule has 32 heavy (non-hydrogen) atoms. The standard InChI is InChI=1S/C23H19F3N4O2/c1-32-21-10-15(6-8-20(21)31)14-5-7-19-18(9-14)22(29-13-28-19)30-17-4-2-3-16(11-17)27-12-23(24,25)26/h2-11,13,27,31H,12H2,1H3,(H,28,29,30). The van der Waals surface area contributed by atoms with E-state index >= 15 is 0 Å². The minimum Gasteiger partial charge on any atom is -0.504 e. The van der Waals surface area contributed by atoms with Crippen LogP contribution in [-0.2, 0) is 0 Å². The van der Waals surface area contributed by atoms with Gasteiger partial charge in [-0.15, -0.1) is 0 Å². The summed E-state index contributed by atoms with van der Waals surface area (Å²) < 4.78 is 42.7. The minimum absolute atomic E-state index is 0.0433. The number of anilines is 3. The number of halogens is 3. The summed E-state index contributed by atoms with van der Waals surface area (Å²) in [4.78, 5) is 8.60. The van der Waals surface area contributed by atoms with Crippen LogP contribution >= 0.6 is 0 Å². The van der Waals surface area contributed by atoms with E-state index in [0.717, 1.165) is 16.5 Å². The summed E-state index contributed by atoms with van der Waals surface area (Å²) in [6.45, 7) is -1.12. The number of benzene rings is 3. The summed E-state index contributed by atoms with van der Waals surface area (Å²) in [5.74, 6) is 0.908. The van der Waals surface area contributed by atoms with E-state index in [1.54, 1.807) is 42.5 Å². The van der Waals surface area contributed by atoms with Crippen molar-refractivity contribution in [3.63, 3.8) is 0 Å². The van der Waals surface area contributed by atoms with E-state index in [9.17, 15) is 18.3 Å². The van der Waals surface area contributed by atoms with Crippen molar-refractivity contribution >= 4 is 28.1 Å². The number of phenols is 1. The van der Waals surface area contributed by atoms with Gasteiger partial charge in [0.25, 0.3) is 0 Å². The molecule has 0 radical (unpaired) electrons. The summed E-state index contributed by atoms with van der Waals surface area (Å²) in [6.07, 6.45) is -2.89. The predicted octanol–water partition coefficient (Wildman–Crippen LogP) is 5.73. The van der Waals surface area contributed by atoms with Crippen LogP contribution in [0.5, 0.6) is 11.5 Å². The fraction of sp³-hybridized carbons (Fsp3) is 0.130. The number of fused-ring (bicyclic) bond motifs is 1. The van der Waals surface area contributed by atoms with Crippen molar-refractivity contribution in [3.05, 3.63) is 67.0 Å². The first-order valence-electron chi connectivity index (χ1n) is 9.62. The Morgan fingerprint density at radius 3 is 2.47 bits per heavy atom. The molecule has 6 nitrogen and oxygen atoms in total. The molecule has 3 aromatic carbocycles. The molecule has 1 aromatic heterocycles. The van der Waals surface area contributed by atoms with E-state index in [4.69, 9.17) is 4.74 Å². The van der Waals surface area contributed by atoms with Gasteiger partial charge in [-0.2, -0.15) is 13.2 Å². The van der Waals surface area contributed by atoms with Crippen molar-refractivity contribution in [1.29, 1.82) is 0 Å². The number of nitrogens with zero attached hydrogens (tertiary/aromatic N) is 2. The van der Waals surface area contributed by atoms with Crippen LogP contribution in [-0.4, -0.2) is 34.9 Å². The lowest BCUT2D eigenvalue weighted by atomic mass is 10.0. The number of hydrogen-bond donors (Lipinski definition) is 3. The molecule has 0 aliphatic carbocycles. The van der Waals surface area contributed by atoms with Gasteiger partial charge in [0, 0.05) is 16.8 Å². The van der Waals surface area contributed by atoms with Crippen molar-refractivity contribution in [3.8, 4) is 22.6 Å². The second-order valence-corrected chi connectivity index (χ2v) is 7.02. The zero-order valence-corrected chi connectivity index (χ0v) is 16.9. The number of rotatable bonds is 6. The van der Waals surface area contributed by atoms with E-state index in [1.165, 1.54) is 13.4 Å². The van der Waals surface area contributed by atoms with Crippen molar-refractivity contribution in [2.75, 3.05) is 24.3 Å². The number of methoxy groups -OCH3 is 1. The summed E-state index contributed by atoms with van der Waals surface area (Å²) in [5, 5.41) is 16.1. The van der Waals surface area contributed by atoms with Crippen LogP contribution in [0.25, 0.3) is 22.0 Å². The molecule has 0 aliphatic rings. The van der Waals surface area contributed by atoms with Gasteiger partial charge in [-0.05, 0) is 53.6 Å². The molecule has 164 valence electrons. The number of aromatic nitrogens is 2. The lowest BCUT2D eigenvalue weighted by Crippen LogP contribution is -2.21. The molecule has 0 spiro atoms. The maximum Gasteiger partial charge on any atom is 0.405 e. The van der Waals surface area contributed by atoms with Gasteiger partial charge < -0.3 is 20.5 Å². The first-order valence-corrected chi connectivity index (χ1v) is 9.62. The van der Waals surface area contributed by atoms with Gasteiger partial charge in [-0.1, -0.05) is 18.2 Å². The van der Waals surface area contributed by atoms with Crippen LogP contribution in [0.2, 0.25) is 0 Å². The van der Waals surface area contributed by atoms with E-state index in [-0.39, 0.29) is 5.75 Å². The summed E-state index contributed by atoms with van der Waals surface area (Å²) in [6, 6.07) is 17.2. The van der Waals surface area contributed by atoms with E-state index < -0.39 is 12.7 Å². The van der Waals surface area contributed by atoms with Crippen LogP contribution in [0.15, 0.2) is 67.0 Å². The molecule has 4 aromatic rings. The fourth-order valence-electron chi connectivity index (χ4n) is 3.24. The predicted molar refractivity (Wildman–Crippen MR) is 117 cm³/mol. The lowest BCUT2D eigenvalue weighted by molar-refractivity contribution is -0.115. The van der Waals surface area contributed by atoms with Gasteiger partial charge in [-0.25, -0.2) is 9.97 Å². The highest BCUT2D eigenvalue weighted by atomic mass is 19.4. The highest BCUT2D eigenvalue weighted by molar-refractivity contribution is 5.94. The summed E-state index contributed by atoms with van der Waals surface area (Å²) in [7, 11) is 1.48. The number of hydrogen-bond acceptors (Lipinski definition) is 6. The van der Waals surface area contributed by atoms with Crippen molar-refractivity contribution in [2.45, 2.75) is 6.18 Å². The maximum atomic E-state index is 12.5. The van der Waals surface area contributed by atoms with Crippen molar-refractivity contribution < 1.29 is 23.0 Å². The van der Waals surface area contributed by atoms with Gasteiger partial charge in [-0.3, -0.25) is 0 Å². The molecule has 0 aliphatic heterocycles. The smallest absolute Gasteiger partial charge is 0.405 e. The molecule has 9 heteroatoms. The van der Waals surface area contributed by atoms with Crippen LogP contribution in [0.4, 0.5) is 30.4 Å². The molecule has 0 fully saturated rings. The van der Waals surface area contributed by atoms with Crippen molar-refractivity contribution in [2.24, 2.45) is 0 Å². The Labute approximate surface area is 181 Å². The number of phenolic OH excluding ortho intramolecular Hbond substituents is 1. The molecule has 0 unspecified atom stereocenters. The third-order valence-corrected chi connectivity index (χ3v) is 4.77. The zero-order valence-electron chi connectivity index (χ0n) is 16.9. The topological polar surface area (TPSA) is 79.3 Å². The Hall–Kier alpha value is -4.01. The second kappa shape index (κ2) is 8.62. The van der Waals surface area contributed by atoms with E-state index in [0.29, 0.717) is 28.5 Å². The van der Waals surface area contributed by atoms with Gasteiger partial charge in [0.2, 0.25) is 0 Å². The first kappa shape index (κ1) is 21.2. The molecule has 0 saturated carbocycles. The molecular formula is C23H19F3N4O2. The number of nitrogens with one attached hydrogen (secondary N) is 2. The average molecular weight is 440 g/mol. The second-order valence-electron chi connectivity index (χ2n) is 7.02. The Morgan fingerprint density at radius 1 is 0.938 bits per heavy atom. The molecule has 1 heterocycles. The first-order chi connectivity index (χ1) is 15.3. The average Bonchev–Trinajstić information content (AvgIpc) is 2.78. The van der Waals surface area contributed by atoms with Crippen molar-refractivity contribution in [1.82, 2.24) is 9.97 Å². The molecule has 0 bridgehead atoms. The number of alkyl halides is 3. The van der Waals surface area contributed by atoms with Gasteiger partial charge in [0.15, 0.2) is 11.5 Å². The molecule has 0 atom stereocenters. The quantitative estimate of drug-likeness (QED) is 0.355. The lowest BCUT2D eigenvalue weighted by Gasteiger charge is -2.13. The van der Waals surface area contributed by atoms with E-state index in [2.05, 4.69) is 20.6 Å². The number of ether oxygens (including phenoxy) is 1. The Morgan fingerprint density at radius 2 is 1.69 bits per heavy atom. The third-order valence-electron chi connectivity index (χ3n) is 4.77. The highest BCUT2D eigenvalue weighted by Crippen LogP contribution is 2.34. The van der Waals surface area contributed by atoms with Gasteiger partial charge >= 0.3 is 6.18 Å². The van der Waals surface area contributed by atoms with Crippen LogP contribution in [0, 0.1) is 0 Å². The largest absolute Gasteiger partial charge is 0.504 e. The number of aromatic hydroxyl groups is 1.